The minimum absolute atomic E-state index is 0.125. The summed E-state index contributed by atoms with van der Waals surface area (Å²) in [5.74, 6) is 1.83. The molecule has 5 nitrogen and oxygen atoms in total. The van der Waals surface area contributed by atoms with Gasteiger partial charge in [0.15, 0.2) is 11.5 Å². The highest BCUT2D eigenvalue weighted by Gasteiger charge is 2.27. The molecule has 0 radical (unpaired) electrons. The molecule has 1 aromatic carbocycles. The van der Waals surface area contributed by atoms with Crippen molar-refractivity contribution in [1.82, 2.24) is 10.6 Å². The minimum Gasteiger partial charge on any atom is -0.493 e. The van der Waals surface area contributed by atoms with E-state index in [0.29, 0.717) is 6.04 Å². The second-order valence-corrected chi connectivity index (χ2v) is 7.24. The molecule has 1 aromatic rings. The molecular weight excluding hydrogens is 316 g/mol. The van der Waals surface area contributed by atoms with Gasteiger partial charge < -0.3 is 20.1 Å². The highest BCUT2D eigenvalue weighted by molar-refractivity contribution is 5.79. The molecule has 1 fully saturated rings. The van der Waals surface area contributed by atoms with Crippen LogP contribution in [0.4, 0.5) is 0 Å². The quantitative estimate of drug-likeness (QED) is 0.794. The fourth-order valence-electron chi connectivity index (χ4n) is 3.48. The maximum absolute atomic E-state index is 12.3. The number of benzene rings is 1. The fourth-order valence-corrected chi connectivity index (χ4v) is 3.48. The Labute approximate surface area is 151 Å². The summed E-state index contributed by atoms with van der Waals surface area (Å²) in [4.78, 5) is 12.3. The zero-order chi connectivity index (χ0) is 18.4. The van der Waals surface area contributed by atoms with E-state index < -0.39 is 0 Å². The molecule has 5 heteroatoms. The third kappa shape index (κ3) is 5.36. The largest absolute Gasteiger partial charge is 0.493 e. The number of hydrogen-bond acceptors (Lipinski definition) is 4. The van der Waals surface area contributed by atoms with Gasteiger partial charge in [0.25, 0.3) is 0 Å². The Hall–Kier alpha value is -1.75. The van der Waals surface area contributed by atoms with E-state index in [4.69, 9.17) is 9.47 Å². The molecule has 1 aliphatic carbocycles. The summed E-state index contributed by atoms with van der Waals surface area (Å²) >= 11 is 0. The third-order valence-electron chi connectivity index (χ3n) is 4.90. The van der Waals surface area contributed by atoms with Crippen molar-refractivity contribution in [2.75, 3.05) is 14.2 Å². The van der Waals surface area contributed by atoms with Gasteiger partial charge in [-0.3, -0.25) is 4.79 Å². The van der Waals surface area contributed by atoms with Gasteiger partial charge in [-0.05, 0) is 63.3 Å². The van der Waals surface area contributed by atoms with Gasteiger partial charge in [0.2, 0.25) is 5.91 Å². The van der Waals surface area contributed by atoms with E-state index in [0.717, 1.165) is 43.7 Å². The predicted molar refractivity (Wildman–Crippen MR) is 100 cm³/mol. The molecule has 0 bridgehead atoms. The average Bonchev–Trinajstić information content (AvgIpc) is 2.60. The molecule has 0 unspecified atom stereocenters. The summed E-state index contributed by atoms with van der Waals surface area (Å²) < 4.78 is 10.8. The van der Waals surface area contributed by atoms with E-state index >= 15 is 0 Å². The van der Waals surface area contributed by atoms with Crippen LogP contribution >= 0.6 is 0 Å². The molecule has 0 heterocycles. The van der Waals surface area contributed by atoms with Gasteiger partial charge in [-0.25, -0.2) is 0 Å². The smallest absolute Gasteiger partial charge is 0.223 e. The first-order valence-corrected chi connectivity index (χ1v) is 9.19. The molecule has 0 aromatic heterocycles. The van der Waals surface area contributed by atoms with E-state index in [1.807, 2.05) is 26.0 Å². The van der Waals surface area contributed by atoms with Gasteiger partial charge in [-0.15, -0.1) is 0 Å². The van der Waals surface area contributed by atoms with Gasteiger partial charge in [-0.2, -0.15) is 0 Å². The number of rotatable bonds is 7. The number of ether oxygens (including phenoxy) is 2. The lowest BCUT2D eigenvalue weighted by atomic mass is 9.85. The third-order valence-corrected chi connectivity index (χ3v) is 4.90. The van der Waals surface area contributed by atoms with Crippen LogP contribution in [0.15, 0.2) is 12.1 Å². The highest BCUT2D eigenvalue weighted by Crippen LogP contribution is 2.31. The van der Waals surface area contributed by atoms with Crippen molar-refractivity contribution in [2.45, 2.75) is 65.1 Å². The van der Waals surface area contributed by atoms with E-state index in [1.54, 1.807) is 14.2 Å². The molecule has 1 saturated carbocycles. The van der Waals surface area contributed by atoms with E-state index in [1.165, 1.54) is 11.1 Å². The average molecular weight is 348 g/mol. The first kappa shape index (κ1) is 19.6. The van der Waals surface area contributed by atoms with Crippen LogP contribution < -0.4 is 20.1 Å². The zero-order valence-corrected chi connectivity index (χ0v) is 16.1. The maximum Gasteiger partial charge on any atom is 0.223 e. The van der Waals surface area contributed by atoms with Crippen molar-refractivity contribution in [3.05, 3.63) is 23.3 Å². The van der Waals surface area contributed by atoms with E-state index in [9.17, 15) is 4.79 Å². The fraction of sp³-hybridized carbons (Fsp3) is 0.650. The molecule has 1 amide bonds. The number of carbonyl (C=O) groups is 1. The van der Waals surface area contributed by atoms with Crippen LogP contribution in [-0.2, 0) is 11.3 Å². The summed E-state index contributed by atoms with van der Waals surface area (Å²) in [5.41, 5.74) is 2.38. The lowest BCUT2D eigenvalue weighted by molar-refractivity contribution is -0.126. The molecular formula is C20H32N2O3. The zero-order valence-electron chi connectivity index (χ0n) is 16.1. The molecule has 0 saturated heterocycles. The topological polar surface area (TPSA) is 59.6 Å². The summed E-state index contributed by atoms with van der Waals surface area (Å²) in [6.07, 6.45) is 4.12. The lowest BCUT2D eigenvalue weighted by Gasteiger charge is -2.30. The number of methoxy groups -OCH3 is 2. The van der Waals surface area contributed by atoms with Crippen LogP contribution in [0.25, 0.3) is 0 Å². The van der Waals surface area contributed by atoms with Crippen LogP contribution in [0.2, 0.25) is 0 Å². The molecule has 2 atom stereocenters. The molecule has 0 spiro atoms. The van der Waals surface area contributed by atoms with Crippen molar-refractivity contribution in [2.24, 2.45) is 5.92 Å². The van der Waals surface area contributed by atoms with Crippen LogP contribution in [0, 0.1) is 12.8 Å². The van der Waals surface area contributed by atoms with Crippen molar-refractivity contribution >= 4 is 5.91 Å². The molecule has 25 heavy (non-hydrogen) atoms. The van der Waals surface area contributed by atoms with E-state index in [-0.39, 0.29) is 17.9 Å². The van der Waals surface area contributed by atoms with E-state index in [2.05, 4.69) is 17.6 Å². The van der Waals surface area contributed by atoms with Crippen LogP contribution in [0.3, 0.4) is 0 Å². The van der Waals surface area contributed by atoms with Gasteiger partial charge in [0, 0.05) is 24.5 Å². The first-order chi connectivity index (χ1) is 11.9. The summed E-state index contributed by atoms with van der Waals surface area (Å²) in [7, 11) is 3.31. The molecule has 2 N–H and O–H groups in total. The standard InChI is InChI=1S/C20H32N2O3/c1-13(2)22-20(23)15-7-6-8-17(10-15)21-12-16-11-19(25-5)18(24-4)9-14(16)3/h9,11,13,15,17,21H,6-8,10,12H2,1-5H3,(H,22,23)/t15-,17+/m0/s1. The summed E-state index contributed by atoms with van der Waals surface area (Å²) in [6.45, 7) is 6.88. The lowest BCUT2D eigenvalue weighted by Crippen LogP contribution is -2.42. The monoisotopic (exact) mass is 348 g/mol. The summed E-state index contributed by atoms with van der Waals surface area (Å²) in [6, 6.07) is 4.63. The number of amides is 1. The second kappa shape index (κ2) is 9.09. The van der Waals surface area contributed by atoms with Crippen LogP contribution in [0.1, 0.15) is 50.7 Å². The Morgan fingerprint density at radius 1 is 1.20 bits per heavy atom. The first-order valence-electron chi connectivity index (χ1n) is 9.19. The Morgan fingerprint density at radius 2 is 1.88 bits per heavy atom. The Morgan fingerprint density at radius 3 is 2.52 bits per heavy atom. The number of hydrogen-bond donors (Lipinski definition) is 2. The molecule has 140 valence electrons. The second-order valence-electron chi connectivity index (χ2n) is 7.24. The van der Waals surface area contributed by atoms with Gasteiger partial charge in [0.1, 0.15) is 0 Å². The summed E-state index contributed by atoms with van der Waals surface area (Å²) in [5, 5.41) is 6.68. The number of aryl methyl sites for hydroxylation is 1. The Balaban J connectivity index is 1.95. The van der Waals surface area contributed by atoms with Crippen molar-refractivity contribution in [3.63, 3.8) is 0 Å². The molecule has 0 aliphatic heterocycles. The van der Waals surface area contributed by atoms with Crippen molar-refractivity contribution < 1.29 is 14.3 Å². The molecule has 1 aliphatic rings. The Kier molecular flexibility index (Phi) is 7.12. The van der Waals surface area contributed by atoms with Crippen LogP contribution in [-0.4, -0.2) is 32.2 Å². The predicted octanol–water partition coefficient (Wildman–Crippen LogP) is 3.19. The van der Waals surface area contributed by atoms with Crippen molar-refractivity contribution in [1.29, 1.82) is 0 Å². The normalized spacial score (nSPS) is 20.4. The molecule has 2 rings (SSSR count). The van der Waals surface area contributed by atoms with Crippen LogP contribution in [0.5, 0.6) is 11.5 Å². The van der Waals surface area contributed by atoms with Gasteiger partial charge in [-0.1, -0.05) is 6.42 Å². The minimum atomic E-state index is 0.125. The SMILES string of the molecule is COc1cc(C)c(CN[C@@H]2CCC[C@H](C(=O)NC(C)C)C2)cc1OC. The van der Waals surface area contributed by atoms with Crippen molar-refractivity contribution in [3.8, 4) is 11.5 Å². The van der Waals surface area contributed by atoms with Gasteiger partial charge in [0.05, 0.1) is 14.2 Å². The van der Waals surface area contributed by atoms with Gasteiger partial charge >= 0.3 is 0 Å². The number of nitrogens with one attached hydrogen (secondary N) is 2. The maximum atomic E-state index is 12.3. The highest BCUT2D eigenvalue weighted by atomic mass is 16.5. The number of carbonyl (C=O) groups excluding carboxylic acids is 1. The Bertz CT molecular complexity index is 587.